The largest absolute Gasteiger partial charge is 0.497 e. The summed E-state index contributed by atoms with van der Waals surface area (Å²) in [6.45, 7) is 1.01. The minimum atomic E-state index is -0.0812. The number of fused-ring (bicyclic) bond motifs is 3. The monoisotopic (exact) mass is 297 g/mol. The number of carbonyl (C=O) groups is 1. The molecular formula is C17H19N3O2. The molecule has 2 fully saturated rings. The van der Waals surface area contributed by atoms with Crippen molar-refractivity contribution in [2.45, 2.75) is 24.9 Å². The molecule has 1 amide bonds. The molecule has 2 aromatic rings. The first-order valence-electron chi connectivity index (χ1n) is 7.71. The maximum atomic E-state index is 12.4. The molecule has 3 atom stereocenters. The summed E-state index contributed by atoms with van der Waals surface area (Å²) in [6, 6.07) is 8.45. The summed E-state index contributed by atoms with van der Waals surface area (Å²) in [5, 5.41) is 8.57. The molecule has 22 heavy (non-hydrogen) atoms. The smallest absolute Gasteiger partial charge is 0.270 e. The Labute approximate surface area is 129 Å². The molecule has 3 unspecified atom stereocenters. The minimum Gasteiger partial charge on any atom is -0.497 e. The normalized spacial score (nSPS) is 26.3. The van der Waals surface area contributed by atoms with Gasteiger partial charge in [-0.25, -0.2) is 0 Å². The fourth-order valence-corrected chi connectivity index (χ4v) is 3.62. The highest BCUT2D eigenvalue weighted by Crippen LogP contribution is 2.31. The minimum absolute atomic E-state index is 0.0812. The van der Waals surface area contributed by atoms with Crippen LogP contribution in [0, 0.1) is 5.92 Å². The fraction of sp³-hybridized carbons (Fsp3) is 0.412. The molecule has 1 aliphatic carbocycles. The molecule has 2 heterocycles. The number of piperidine rings is 1. The molecule has 2 aliphatic rings. The van der Waals surface area contributed by atoms with E-state index in [0.717, 1.165) is 29.5 Å². The molecule has 1 aromatic heterocycles. The van der Waals surface area contributed by atoms with E-state index in [9.17, 15) is 4.79 Å². The summed E-state index contributed by atoms with van der Waals surface area (Å²) in [4.78, 5) is 16.7. The summed E-state index contributed by atoms with van der Waals surface area (Å²) < 4.78 is 5.24. The number of ether oxygens (including phenoxy) is 1. The van der Waals surface area contributed by atoms with E-state index in [1.54, 1.807) is 13.3 Å². The third-order valence-corrected chi connectivity index (χ3v) is 4.84. The molecule has 114 valence electrons. The molecule has 2 bridgehead atoms. The van der Waals surface area contributed by atoms with Crippen LogP contribution in [0.4, 0.5) is 0 Å². The molecule has 0 spiro atoms. The average Bonchev–Trinajstić information content (AvgIpc) is 3.16. The highest BCUT2D eigenvalue weighted by Gasteiger charge is 2.40. The van der Waals surface area contributed by atoms with Gasteiger partial charge in [-0.05, 0) is 48.4 Å². The van der Waals surface area contributed by atoms with Crippen LogP contribution in [0.5, 0.6) is 5.75 Å². The highest BCUT2D eigenvalue weighted by atomic mass is 16.5. The quantitative estimate of drug-likeness (QED) is 0.905. The molecule has 4 rings (SSSR count). The number of nitrogens with one attached hydrogen (secondary N) is 2. The van der Waals surface area contributed by atoms with Crippen molar-refractivity contribution in [3.05, 3.63) is 36.2 Å². The average molecular weight is 297 g/mol. The van der Waals surface area contributed by atoms with Crippen LogP contribution in [0.2, 0.25) is 0 Å². The number of pyridine rings is 1. The SMILES string of the molecule is COc1ccc2cnc(C(=O)NC3CC4CC3CN4)cc2c1. The van der Waals surface area contributed by atoms with Crippen molar-refractivity contribution < 1.29 is 9.53 Å². The van der Waals surface area contributed by atoms with Crippen LogP contribution in [0.15, 0.2) is 30.5 Å². The number of nitrogens with zero attached hydrogens (tertiary/aromatic N) is 1. The summed E-state index contributed by atoms with van der Waals surface area (Å²) in [7, 11) is 1.64. The molecule has 0 radical (unpaired) electrons. The Morgan fingerprint density at radius 1 is 1.32 bits per heavy atom. The standard InChI is InChI=1S/C17H19N3O2/c1-22-14-3-2-10-8-19-16(6-11(10)5-14)17(21)20-15-7-13-4-12(15)9-18-13/h2-3,5-6,8,12-13,15,18H,4,7,9H2,1H3,(H,20,21). The van der Waals surface area contributed by atoms with Gasteiger partial charge in [-0.15, -0.1) is 0 Å². The third-order valence-electron chi connectivity index (χ3n) is 4.84. The maximum Gasteiger partial charge on any atom is 0.270 e. The van der Waals surface area contributed by atoms with Crippen LogP contribution in [0.25, 0.3) is 10.8 Å². The van der Waals surface area contributed by atoms with E-state index in [-0.39, 0.29) is 11.9 Å². The van der Waals surface area contributed by atoms with E-state index in [2.05, 4.69) is 15.6 Å². The first kappa shape index (κ1) is 13.5. The first-order valence-corrected chi connectivity index (χ1v) is 7.71. The van der Waals surface area contributed by atoms with Crippen molar-refractivity contribution in [2.75, 3.05) is 13.7 Å². The Bertz CT molecular complexity index is 731. The Kier molecular flexibility index (Phi) is 3.22. The van der Waals surface area contributed by atoms with Crippen LogP contribution >= 0.6 is 0 Å². The summed E-state index contributed by atoms with van der Waals surface area (Å²) in [5.41, 5.74) is 0.469. The summed E-state index contributed by atoms with van der Waals surface area (Å²) in [5.74, 6) is 1.26. The topological polar surface area (TPSA) is 63.2 Å². The number of benzene rings is 1. The molecular weight excluding hydrogens is 278 g/mol. The van der Waals surface area contributed by atoms with Crippen molar-refractivity contribution in [2.24, 2.45) is 5.92 Å². The van der Waals surface area contributed by atoms with Crippen molar-refractivity contribution in [3.8, 4) is 5.75 Å². The molecule has 1 aromatic carbocycles. The van der Waals surface area contributed by atoms with E-state index in [1.165, 1.54) is 6.42 Å². The van der Waals surface area contributed by atoms with Gasteiger partial charge in [0.2, 0.25) is 0 Å². The number of aromatic nitrogens is 1. The van der Waals surface area contributed by atoms with Gasteiger partial charge < -0.3 is 15.4 Å². The second kappa shape index (κ2) is 5.25. The van der Waals surface area contributed by atoms with E-state index < -0.39 is 0 Å². The summed E-state index contributed by atoms with van der Waals surface area (Å²) in [6.07, 6.45) is 3.94. The van der Waals surface area contributed by atoms with E-state index in [4.69, 9.17) is 4.74 Å². The number of hydrogen-bond acceptors (Lipinski definition) is 4. The van der Waals surface area contributed by atoms with Gasteiger partial charge in [0.15, 0.2) is 0 Å². The Morgan fingerprint density at radius 3 is 2.95 bits per heavy atom. The number of rotatable bonds is 3. The number of amides is 1. The zero-order chi connectivity index (χ0) is 15.1. The van der Waals surface area contributed by atoms with E-state index in [1.807, 2.05) is 24.3 Å². The lowest BCUT2D eigenvalue weighted by molar-refractivity contribution is 0.0920. The second-order valence-electron chi connectivity index (χ2n) is 6.20. The van der Waals surface area contributed by atoms with Gasteiger partial charge in [-0.3, -0.25) is 9.78 Å². The fourth-order valence-electron chi connectivity index (χ4n) is 3.62. The second-order valence-corrected chi connectivity index (χ2v) is 6.20. The van der Waals surface area contributed by atoms with Crippen molar-refractivity contribution in [1.82, 2.24) is 15.6 Å². The van der Waals surface area contributed by atoms with Crippen LogP contribution < -0.4 is 15.4 Å². The van der Waals surface area contributed by atoms with Crippen LogP contribution in [-0.2, 0) is 0 Å². The Hall–Kier alpha value is -2.14. The molecule has 1 aliphatic heterocycles. The van der Waals surface area contributed by atoms with Crippen LogP contribution in [0.1, 0.15) is 23.3 Å². The number of carbonyl (C=O) groups excluding carboxylic acids is 1. The Morgan fingerprint density at radius 2 is 2.23 bits per heavy atom. The molecule has 5 nitrogen and oxygen atoms in total. The van der Waals surface area contributed by atoms with Crippen molar-refractivity contribution >= 4 is 16.7 Å². The highest BCUT2D eigenvalue weighted by molar-refractivity contribution is 5.96. The zero-order valence-electron chi connectivity index (χ0n) is 12.5. The molecule has 1 saturated carbocycles. The van der Waals surface area contributed by atoms with Gasteiger partial charge in [0.25, 0.3) is 5.91 Å². The van der Waals surface area contributed by atoms with Crippen LogP contribution in [0.3, 0.4) is 0 Å². The van der Waals surface area contributed by atoms with Gasteiger partial charge in [0.05, 0.1) is 7.11 Å². The number of methoxy groups -OCH3 is 1. The predicted octanol–water partition coefficient (Wildman–Crippen LogP) is 1.72. The molecule has 5 heteroatoms. The van der Waals surface area contributed by atoms with Gasteiger partial charge in [0, 0.05) is 30.2 Å². The Balaban J connectivity index is 1.56. The lowest BCUT2D eigenvalue weighted by Crippen LogP contribution is -2.44. The lowest BCUT2D eigenvalue weighted by atomic mass is 10.0. The van der Waals surface area contributed by atoms with Crippen molar-refractivity contribution in [3.63, 3.8) is 0 Å². The maximum absolute atomic E-state index is 12.4. The number of hydrogen-bond donors (Lipinski definition) is 2. The lowest BCUT2D eigenvalue weighted by Gasteiger charge is -2.23. The predicted molar refractivity (Wildman–Crippen MR) is 84.1 cm³/mol. The van der Waals surface area contributed by atoms with E-state index >= 15 is 0 Å². The molecule has 1 saturated heterocycles. The van der Waals surface area contributed by atoms with Gasteiger partial charge in [-0.1, -0.05) is 0 Å². The first-order chi connectivity index (χ1) is 10.7. The van der Waals surface area contributed by atoms with Crippen molar-refractivity contribution in [1.29, 1.82) is 0 Å². The summed E-state index contributed by atoms with van der Waals surface area (Å²) >= 11 is 0. The molecule has 2 N–H and O–H groups in total. The van der Waals surface area contributed by atoms with Gasteiger partial charge in [0.1, 0.15) is 11.4 Å². The van der Waals surface area contributed by atoms with E-state index in [0.29, 0.717) is 17.7 Å². The van der Waals surface area contributed by atoms with Gasteiger partial charge in [-0.2, -0.15) is 0 Å². The zero-order valence-corrected chi connectivity index (χ0v) is 12.5. The third kappa shape index (κ3) is 2.31. The van der Waals surface area contributed by atoms with Crippen LogP contribution in [-0.4, -0.2) is 36.6 Å². The van der Waals surface area contributed by atoms with Gasteiger partial charge >= 0.3 is 0 Å².